The minimum absolute atomic E-state index is 0.0810. The Labute approximate surface area is 148 Å². The van der Waals surface area contributed by atoms with Crippen molar-refractivity contribution < 1.29 is 30.3 Å². The first-order chi connectivity index (χ1) is 11.8. The van der Waals surface area contributed by atoms with E-state index in [0.29, 0.717) is 19.3 Å². The SMILES string of the molecule is CCC(O)CC(O)C(CNC1CCCCC(O)C(O)C1O)NC(N)=O. The van der Waals surface area contributed by atoms with Crippen molar-refractivity contribution in [3.63, 3.8) is 0 Å². The first-order valence-corrected chi connectivity index (χ1v) is 8.95. The zero-order valence-electron chi connectivity index (χ0n) is 14.7. The molecule has 1 fully saturated rings. The normalized spacial score (nSPS) is 31.4. The number of nitrogens with one attached hydrogen (secondary N) is 2. The van der Waals surface area contributed by atoms with Crippen molar-refractivity contribution in [2.45, 2.75) is 88.1 Å². The van der Waals surface area contributed by atoms with Crippen molar-refractivity contribution in [1.82, 2.24) is 10.6 Å². The van der Waals surface area contributed by atoms with Gasteiger partial charge in [0, 0.05) is 19.0 Å². The zero-order valence-corrected chi connectivity index (χ0v) is 14.7. The monoisotopic (exact) mass is 363 g/mol. The molecule has 25 heavy (non-hydrogen) atoms. The van der Waals surface area contributed by atoms with Gasteiger partial charge < -0.3 is 41.9 Å². The van der Waals surface area contributed by atoms with Crippen molar-refractivity contribution >= 4 is 6.03 Å². The Bertz CT molecular complexity index is 400. The van der Waals surface area contributed by atoms with E-state index in [1.54, 1.807) is 6.92 Å². The fraction of sp³-hybridized carbons (Fsp3) is 0.938. The maximum Gasteiger partial charge on any atom is 0.312 e. The number of carbonyl (C=O) groups is 1. The number of aliphatic hydroxyl groups is 5. The van der Waals surface area contributed by atoms with E-state index in [4.69, 9.17) is 5.73 Å². The van der Waals surface area contributed by atoms with Gasteiger partial charge >= 0.3 is 6.03 Å². The second kappa shape index (κ2) is 10.9. The highest BCUT2D eigenvalue weighted by molar-refractivity contribution is 5.72. The molecule has 0 aromatic heterocycles. The molecule has 0 heterocycles. The highest BCUT2D eigenvalue weighted by atomic mass is 16.4. The average molecular weight is 363 g/mol. The number of hydrogen-bond donors (Lipinski definition) is 8. The van der Waals surface area contributed by atoms with Gasteiger partial charge in [-0.05, 0) is 19.3 Å². The van der Waals surface area contributed by atoms with E-state index < -0.39 is 48.6 Å². The Balaban J connectivity index is 2.67. The number of amides is 2. The minimum Gasteiger partial charge on any atom is -0.393 e. The lowest BCUT2D eigenvalue weighted by atomic mass is 9.90. The van der Waals surface area contributed by atoms with Crippen molar-refractivity contribution in [3.8, 4) is 0 Å². The van der Waals surface area contributed by atoms with Crippen molar-refractivity contribution in [2.24, 2.45) is 5.73 Å². The predicted octanol–water partition coefficient (Wildman–Crippen LogP) is -1.84. The summed E-state index contributed by atoms with van der Waals surface area (Å²) in [7, 11) is 0. The first-order valence-electron chi connectivity index (χ1n) is 8.95. The minimum atomic E-state index is -1.26. The number of nitrogens with two attached hydrogens (primary N) is 1. The molecule has 9 heteroatoms. The molecule has 0 saturated heterocycles. The van der Waals surface area contributed by atoms with Gasteiger partial charge in [0.1, 0.15) is 6.10 Å². The highest BCUT2D eigenvalue weighted by Gasteiger charge is 2.33. The molecule has 1 aliphatic rings. The summed E-state index contributed by atoms with van der Waals surface area (Å²) in [5, 5.41) is 55.4. The molecule has 0 aromatic carbocycles. The predicted molar refractivity (Wildman–Crippen MR) is 91.7 cm³/mol. The third-order valence-corrected chi connectivity index (χ3v) is 4.80. The van der Waals surface area contributed by atoms with Crippen LogP contribution in [-0.2, 0) is 0 Å². The van der Waals surface area contributed by atoms with Crippen LogP contribution in [0.25, 0.3) is 0 Å². The van der Waals surface area contributed by atoms with Gasteiger partial charge in [-0.3, -0.25) is 0 Å². The standard InChI is InChI=1S/C16H33N3O6/c1-2-9(20)7-13(22)11(19-16(17)25)8-18-10-5-3-4-6-12(21)15(24)14(10)23/h9-15,18,20-24H,2-8H2,1H3,(H3,17,19,25). The topological polar surface area (TPSA) is 168 Å². The molecule has 7 unspecified atom stereocenters. The largest absolute Gasteiger partial charge is 0.393 e. The molecule has 0 aliphatic heterocycles. The van der Waals surface area contributed by atoms with Gasteiger partial charge in [-0.15, -0.1) is 0 Å². The van der Waals surface area contributed by atoms with Crippen LogP contribution in [0.2, 0.25) is 0 Å². The fourth-order valence-corrected chi connectivity index (χ4v) is 3.10. The summed E-state index contributed by atoms with van der Waals surface area (Å²) in [4.78, 5) is 11.2. The molecule has 2 amide bonds. The number of primary amides is 1. The van der Waals surface area contributed by atoms with Gasteiger partial charge in [-0.2, -0.15) is 0 Å². The van der Waals surface area contributed by atoms with Gasteiger partial charge in [-0.25, -0.2) is 4.79 Å². The molecule has 0 radical (unpaired) electrons. The van der Waals surface area contributed by atoms with E-state index in [0.717, 1.165) is 12.8 Å². The van der Waals surface area contributed by atoms with E-state index in [2.05, 4.69) is 10.6 Å². The molecule has 0 spiro atoms. The molecular formula is C16H33N3O6. The van der Waals surface area contributed by atoms with Crippen LogP contribution < -0.4 is 16.4 Å². The van der Waals surface area contributed by atoms with Crippen molar-refractivity contribution in [1.29, 1.82) is 0 Å². The molecule has 1 saturated carbocycles. The molecule has 7 atom stereocenters. The molecule has 148 valence electrons. The second-order valence-electron chi connectivity index (χ2n) is 6.83. The fourth-order valence-electron chi connectivity index (χ4n) is 3.10. The third kappa shape index (κ3) is 7.43. The van der Waals surface area contributed by atoms with Gasteiger partial charge in [0.15, 0.2) is 0 Å². The lowest BCUT2D eigenvalue weighted by molar-refractivity contribution is -0.0817. The van der Waals surface area contributed by atoms with E-state index in [1.807, 2.05) is 0 Å². The summed E-state index contributed by atoms with van der Waals surface area (Å²) in [5.41, 5.74) is 5.14. The van der Waals surface area contributed by atoms with Crippen LogP contribution in [0.5, 0.6) is 0 Å². The van der Waals surface area contributed by atoms with E-state index in [1.165, 1.54) is 0 Å². The Kier molecular flexibility index (Phi) is 9.62. The number of aliphatic hydroxyl groups excluding tert-OH is 5. The summed E-state index contributed by atoms with van der Waals surface area (Å²) in [6.45, 7) is 1.88. The average Bonchev–Trinajstić information content (AvgIpc) is 2.56. The van der Waals surface area contributed by atoms with Gasteiger partial charge in [0.05, 0.1) is 30.5 Å². The summed E-state index contributed by atoms with van der Waals surface area (Å²) in [6, 6.07) is -2.05. The lowest BCUT2D eigenvalue weighted by Gasteiger charge is -2.34. The number of urea groups is 1. The Morgan fingerprint density at radius 1 is 1.16 bits per heavy atom. The van der Waals surface area contributed by atoms with Crippen LogP contribution >= 0.6 is 0 Å². The van der Waals surface area contributed by atoms with E-state index >= 15 is 0 Å². The Morgan fingerprint density at radius 2 is 1.80 bits per heavy atom. The van der Waals surface area contributed by atoms with Crippen LogP contribution in [-0.4, -0.2) is 80.7 Å². The van der Waals surface area contributed by atoms with Crippen LogP contribution in [0.3, 0.4) is 0 Å². The van der Waals surface area contributed by atoms with E-state index in [9.17, 15) is 30.3 Å². The summed E-state index contributed by atoms with van der Waals surface area (Å²) in [6.07, 6.45) is -2.05. The number of carbonyl (C=O) groups excluding carboxylic acids is 1. The molecule has 1 aliphatic carbocycles. The first kappa shape index (κ1) is 22.1. The molecule has 9 N–H and O–H groups in total. The smallest absolute Gasteiger partial charge is 0.312 e. The van der Waals surface area contributed by atoms with Crippen LogP contribution in [0.4, 0.5) is 4.79 Å². The maximum absolute atomic E-state index is 11.2. The quantitative estimate of drug-likeness (QED) is 0.251. The van der Waals surface area contributed by atoms with E-state index in [-0.39, 0.29) is 13.0 Å². The molecule has 0 aromatic rings. The van der Waals surface area contributed by atoms with Gasteiger partial charge in [-0.1, -0.05) is 19.8 Å². The van der Waals surface area contributed by atoms with Crippen molar-refractivity contribution in [2.75, 3.05) is 6.54 Å². The van der Waals surface area contributed by atoms with Crippen molar-refractivity contribution in [3.05, 3.63) is 0 Å². The van der Waals surface area contributed by atoms with Gasteiger partial charge in [0.2, 0.25) is 0 Å². The summed E-state index contributed by atoms with van der Waals surface area (Å²) < 4.78 is 0. The molecule has 9 nitrogen and oxygen atoms in total. The Morgan fingerprint density at radius 3 is 2.40 bits per heavy atom. The maximum atomic E-state index is 11.2. The van der Waals surface area contributed by atoms with Crippen LogP contribution in [0.1, 0.15) is 45.4 Å². The molecule has 1 rings (SSSR count). The molecule has 0 bridgehead atoms. The Hall–Kier alpha value is -0.970. The molecular weight excluding hydrogens is 330 g/mol. The van der Waals surface area contributed by atoms with Crippen LogP contribution in [0, 0.1) is 0 Å². The van der Waals surface area contributed by atoms with Gasteiger partial charge in [0.25, 0.3) is 0 Å². The zero-order chi connectivity index (χ0) is 19.0. The number of rotatable bonds is 8. The summed E-state index contributed by atoms with van der Waals surface area (Å²) in [5.74, 6) is 0. The second-order valence-corrected chi connectivity index (χ2v) is 6.83. The highest BCUT2D eigenvalue weighted by Crippen LogP contribution is 2.19. The number of hydrogen-bond acceptors (Lipinski definition) is 7. The summed E-state index contributed by atoms with van der Waals surface area (Å²) >= 11 is 0. The lowest BCUT2D eigenvalue weighted by Crippen LogP contribution is -2.57. The van der Waals surface area contributed by atoms with Crippen LogP contribution in [0.15, 0.2) is 0 Å². The third-order valence-electron chi connectivity index (χ3n) is 4.80.